The first kappa shape index (κ1) is 21.4. The quantitative estimate of drug-likeness (QED) is 0.774. The molecule has 2 N–H and O–H groups in total. The average molecular weight is 383 g/mol. The molecule has 1 atom stereocenters. The Morgan fingerprint density at radius 3 is 2.36 bits per heavy atom. The molecule has 0 aliphatic carbocycles. The predicted molar refractivity (Wildman–Crippen MR) is 113 cm³/mol. The number of aryl methyl sites for hydroxylation is 1. The summed E-state index contributed by atoms with van der Waals surface area (Å²) in [7, 11) is 7.43. The summed E-state index contributed by atoms with van der Waals surface area (Å²) in [6.07, 6.45) is 0.243. The Morgan fingerprint density at radius 1 is 1.00 bits per heavy atom. The molecule has 6 heteroatoms. The first-order chi connectivity index (χ1) is 13.3. The van der Waals surface area contributed by atoms with E-state index in [1.807, 2.05) is 44.4 Å². The molecule has 0 saturated carbocycles. The van der Waals surface area contributed by atoms with Crippen LogP contribution in [0.2, 0.25) is 0 Å². The van der Waals surface area contributed by atoms with Crippen LogP contribution in [0.3, 0.4) is 0 Å². The Bertz CT molecular complexity index is 818. The van der Waals surface area contributed by atoms with Crippen molar-refractivity contribution >= 4 is 17.6 Å². The molecule has 6 nitrogen and oxygen atoms in total. The van der Waals surface area contributed by atoms with E-state index in [4.69, 9.17) is 0 Å². The van der Waals surface area contributed by atoms with Crippen molar-refractivity contribution in [2.45, 2.75) is 19.4 Å². The van der Waals surface area contributed by atoms with Crippen LogP contribution in [0.4, 0.5) is 10.5 Å². The predicted octanol–water partition coefficient (Wildman–Crippen LogP) is 3.05. The van der Waals surface area contributed by atoms with E-state index in [1.165, 1.54) is 5.56 Å². The van der Waals surface area contributed by atoms with E-state index in [1.54, 1.807) is 19.0 Å². The van der Waals surface area contributed by atoms with Crippen LogP contribution in [0.15, 0.2) is 48.5 Å². The van der Waals surface area contributed by atoms with Gasteiger partial charge in [-0.1, -0.05) is 48.0 Å². The number of carbonyl (C=O) groups excluding carboxylic acids is 2. The normalized spacial score (nSPS) is 11.8. The van der Waals surface area contributed by atoms with Crippen LogP contribution in [0, 0.1) is 6.92 Å². The van der Waals surface area contributed by atoms with Crippen molar-refractivity contribution in [3.05, 3.63) is 65.2 Å². The molecular formula is C22H30N4O2. The lowest BCUT2D eigenvalue weighted by Gasteiger charge is -2.25. The van der Waals surface area contributed by atoms with Gasteiger partial charge < -0.3 is 20.4 Å². The van der Waals surface area contributed by atoms with Gasteiger partial charge in [0.25, 0.3) is 0 Å². The van der Waals surface area contributed by atoms with Crippen LogP contribution in [-0.2, 0) is 11.2 Å². The first-order valence-corrected chi connectivity index (χ1v) is 9.34. The molecule has 28 heavy (non-hydrogen) atoms. The standard InChI is InChI=1S/C22H30N4O2/c1-16-9-8-11-18(13-16)20(25(2)3)15-23-22(28)24-19-12-7-6-10-17(19)14-21(27)26(4)5/h6-13,20H,14-15H2,1-5H3,(H2,23,24,28). The summed E-state index contributed by atoms with van der Waals surface area (Å²) >= 11 is 0. The van der Waals surface area contributed by atoms with Crippen LogP contribution in [0.25, 0.3) is 0 Å². The summed E-state index contributed by atoms with van der Waals surface area (Å²) in [5.41, 5.74) is 3.78. The number of hydrogen-bond acceptors (Lipinski definition) is 3. The van der Waals surface area contributed by atoms with Gasteiger partial charge >= 0.3 is 6.03 Å². The molecule has 0 aliphatic heterocycles. The Balaban J connectivity index is 2.03. The summed E-state index contributed by atoms with van der Waals surface area (Å²) in [5, 5.41) is 5.82. The maximum atomic E-state index is 12.5. The second-order valence-corrected chi connectivity index (χ2v) is 7.35. The molecule has 0 heterocycles. The second-order valence-electron chi connectivity index (χ2n) is 7.35. The summed E-state index contributed by atoms with van der Waals surface area (Å²) in [6.45, 7) is 2.53. The number of likely N-dealkylation sites (N-methyl/N-ethyl adjacent to an activating group) is 2. The van der Waals surface area contributed by atoms with Crippen LogP contribution < -0.4 is 10.6 Å². The van der Waals surface area contributed by atoms with Crippen molar-refractivity contribution in [1.82, 2.24) is 15.1 Å². The highest BCUT2D eigenvalue weighted by molar-refractivity contribution is 5.91. The maximum Gasteiger partial charge on any atom is 0.319 e. The smallest absolute Gasteiger partial charge is 0.319 e. The molecule has 0 saturated heterocycles. The number of urea groups is 1. The number of hydrogen-bond donors (Lipinski definition) is 2. The fourth-order valence-corrected chi connectivity index (χ4v) is 2.95. The van der Waals surface area contributed by atoms with Crippen LogP contribution >= 0.6 is 0 Å². The molecular weight excluding hydrogens is 352 g/mol. The van der Waals surface area contributed by atoms with E-state index in [0.29, 0.717) is 12.2 Å². The molecule has 2 aromatic carbocycles. The number of rotatable bonds is 7. The highest BCUT2D eigenvalue weighted by Gasteiger charge is 2.16. The van der Waals surface area contributed by atoms with Gasteiger partial charge in [-0.2, -0.15) is 0 Å². The van der Waals surface area contributed by atoms with E-state index < -0.39 is 0 Å². The molecule has 3 amide bonds. The lowest BCUT2D eigenvalue weighted by Crippen LogP contribution is -2.37. The van der Waals surface area contributed by atoms with Gasteiger partial charge in [-0.3, -0.25) is 4.79 Å². The Labute approximate surface area is 167 Å². The third-order valence-corrected chi connectivity index (χ3v) is 4.61. The molecule has 0 spiro atoms. The van der Waals surface area contributed by atoms with Crippen molar-refractivity contribution in [1.29, 1.82) is 0 Å². The molecule has 0 aromatic heterocycles. The van der Waals surface area contributed by atoms with E-state index in [9.17, 15) is 9.59 Å². The van der Waals surface area contributed by atoms with Crippen molar-refractivity contribution in [2.75, 3.05) is 40.1 Å². The van der Waals surface area contributed by atoms with Gasteiger partial charge in [0.05, 0.1) is 12.5 Å². The molecule has 1 unspecified atom stereocenters. The Kier molecular flexibility index (Phi) is 7.58. The highest BCUT2D eigenvalue weighted by Crippen LogP contribution is 2.19. The number of nitrogens with one attached hydrogen (secondary N) is 2. The van der Waals surface area contributed by atoms with Gasteiger partial charge in [0.2, 0.25) is 5.91 Å². The fraction of sp³-hybridized carbons (Fsp3) is 0.364. The zero-order chi connectivity index (χ0) is 20.7. The Morgan fingerprint density at radius 2 is 1.71 bits per heavy atom. The summed E-state index contributed by atoms with van der Waals surface area (Å²) in [5.74, 6) is -0.0122. The molecule has 2 rings (SSSR count). The zero-order valence-corrected chi connectivity index (χ0v) is 17.3. The molecule has 0 fully saturated rings. The maximum absolute atomic E-state index is 12.5. The molecule has 0 aliphatic rings. The van der Waals surface area contributed by atoms with Crippen molar-refractivity contribution in [3.8, 4) is 0 Å². The van der Waals surface area contributed by atoms with Gasteiger partial charge in [0.1, 0.15) is 0 Å². The fourth-order valence-electron chi connectivity index (χ4n) is 2.95. The van der Waals surface area contributed by atoms with Crippen LogP contribution in [0.1, 0.15) is 22.7 Å². The van der Waals surface area contributed by atoms with E-state index in [-0.39, 0.29) is 24.4 Å². The van der Waals surface area contributed by atoms with Gasteiger partial charge in [0.15, 0.2) is 0 Å². The minimum atomic E-state index is -0.288. The zero-order valence-electron chi connectivity index (χ0n) is 17.3. The van der Waals surface area contributed by atoms with Crippen molar-refractivity contribution < 1.29 is 9.59 Å². The highest BCUT2D eigenvalue weighted by atomic mass is 16.2. The monoisotopic (exact) mass is 382 g/mol. The van der Waals surface area contributed by atoms with Crippen molar-refractivity contribution in [3.63, 3.8) is 0 Å². The average Bonchev–Trinajstić information content (AvgIpc) is 2.63. The number of carbonyl (C=O) groups is 2. The Hall–Kier alpha value is -2.86. The minimum Gasteiger partial charge on any atom is -0.349 e. The summed E-state index contributed by atoms with van der Waals surface area (Å²) in [4.78, 5) is 28.1. The largest absolute Gasteiger partial charge is 0.349 e. The second kappa shape index (κ2) is 9.90. The van der Waals surface area contributed by atoms with Gasteiger partial charge in [0, 0.05) is 26.3 Å². The van der Waals surface area contributed by atoms with Gasteiger partial charge in [-0.25, -0.2) is 4.79 Å². The van der Waals surface area contributed by atoms with Crippen LogP contribution in [0.5, 0.6) is 0 Å². The molecule has 0 radical (unpaired) electrons. The number of amides is 3. The van der Waals surface area contributed by atoms with E-state index in [2.05, 4.69) is 40.7 Å². The van der Waals surface area contributed by atoms with Crippen LogP contribution in [-0.4, -0.2) is 56.5 Å². The lowest BCUT2D eigenvalue weighted by molar-refractivity contribution is -0.127. The summed E-state index contributed by atoms with van der Waals surface area (Å²) < 4.78 is 0. The molecule has 150 valence electrons. The first-order valence-electron chi connectivity index (χ1n) is 9.34. The van der Waals surface area contributed by atoms with Gasteiger partial charge in [-0.05, 0) is 38.2 Å². The number of benzene rings is 2. The number of anilines is 1. The third kappa shape index (κ3) is 6.09. The topological polar surface area (TPSA) is 64.7 Å². The van der Waals surface area contributed by atoms with Crippen molar-refractivity contribution in [2.24, 2.45) is 0 Å². The summed E-state index contributed by atoms with van der Waals surface area (Å²) in [6, 6.07) is 15.4. The third-order valence-electron chi connectivity index (χ3n) is 4.61. The lowest BCUT2D eigenvalue weighted by atomic mass is 10.0. The number of nitrogens with zero attached hydrogens (tertiary/aromatic N) is 2. The molecule has 2 aromatic rings. The van der Waals surface area contributed by atoms with E-state index in [0.717, 1.165) is 11.1 Å². The molecule has 0 bridgehead atoms. The van der Waals surface area contributed by atoms with E-state index >= 15 is 0 Å². The number of para-hydroxylation sites is 1. The van der Waals surface area contributed by atoms with Gasteiger partial charge in [-0.15, -0.1) is 0 Å². The SMILES string of the molecule is Cc1cccc(C(CNC(=O)Nc2ccccc2CC(=O)N(C)C)N(C)C)c1. The minimum absolute atomic E-state index is 0.0122.